The summed E-state index contributed by atoms with van der Waals surface area (Å²) in [7, 11) is 0. The standard InChI is InChI=1S/C14H16Cl2N2O/c15-9-4-5-11(16)12(6-9)18-14(19)13-10-3-1-2-8(10)7-17-13/h4-6,8,10,13,17H,1-3,7H2,(H,18,19). The summed E-state index contributed by atoms with van der Waals surface area (Å²) in [5.41, 5.74) is 0.586. The zero-order chi connectivity index (χ0) is 13.4. The molecule has 5 heteroatoms. The first-order valence-corrected chi connectivity index (χ1v) is 7.40. The monoisotopic (exact) mass is 298 g/mol. The van der Waals surface area contributed by atoms with Crippen molar-refractivity contribution in [1.29, 1.82) is 0 Å². The van der Waals surface area contributed by atoms with Crippen molar-refractivity contribution in [2.75, 3.05) is 11.9 Å². The Bertz CT molecular complexity index is 506. The van der Waals surface area contributed by atoms with Crippen LogP contribution in [0.2, 0.25) is 10.0 Å². The Morgan fingerprint density at radius 3 is 3.00 bits per heavy atom. The summed E-state index contributed by atoms with van der Waals surface area (Å²) < 4.78 is 0. The predicted octanol–water partition coefficient (Wildman–Crippen LogP) is 3.32. The highest BCUT2D eigenvalue weighted by Crippen LogP contribution is 2.38. The maximum absolute atomic E-state index is 12.3. The summed E-state index contributed by atoms with van der Waals surface area (Å²) in [5.74, 6) is 1.13. The molecule has 1 saturated heterocycles. The molecule has 2 N–H and O–H groups in total. The van der Waals surface area contributed by atoms with Gasteiger partial charge < -0.3 is 10.6 Å². The van der Waals surface area contributed by atoms with Crippen molar-refractivity contribution in [1.82, 2.24) is 5.32 Å². The zero-order valence-corrected chi connectivity index (χ0v) is 12.0. The number of rotatable bonds is 2. The molecular weight excluding hydrogens is 283 g/mol. The number of benzene rings is 1. The van der Waals surface area contributed by atoms with Crippen LogP contribution in [0.3, 0.4) is 0 Å². The van der Waals surface area contributed by atoms with Crippen molar-refractivity contribution in [3.8, 4) is 0 Å². The largest absolute Gasteiger partial charge is 0.323 e. The quantitative estimate of drug-likeness (QED) is 0.879. The lowest BCUT2D eigenvalue weighted by atomic mass is 9.93. The summed E-state index contributed by atoms with van der Waals surface area (Å²) in [5, 5.41) is 7.29. The van der Waals surface area contributed by atoms with Crippen LogP contribution in [-0.2, 0) is 4.79 Å². The number of hydrogen-bond donors (Lipinski definition) is 2. The molecular formula is C14H16Cl2N2O. The maximum atomic E-state index is 12.3. The number of halogens is 2. The summed E-state index contributed by atoms with van der Waals surface area (Å²) >= 11 is 12.0. The average molecular weight is 299 g/mol. The molecule has 1 aromatic rings. The van der Waals surface area contributed by atoms with Crippen LogP contribution in [0.25, 0.3) is 0 Å². The van der Waals surface area contributed by atoms with Gasteiger partial charge in [-0.15, -0.1) is 0 Å². The lowest BCUT2D eigenvalue weighted by Gasteiger charge is -2.18. The van der Waals surface area contributed by atoms with Crippen molar-refractivity contribution in [2.45, 2.75) is 25.3 Å². The number of anilines is 1. The van der Waals surface area contributed by atoms with Gasteiger partial charge in [-0.2, -0.15) is 0 Å². The summed E-state index contributed by atoms with van der Waals surface area (Å²) in [6.07, 6.45) is 3.61. The van der Waals surface area contributed by atoms with Crippen LogP contribution in [0.5, 0.6) is 0 Å². The van der Waals surface area contributed by atoms with E-state index in [1.807, 2.05) is 0 Å². The number of amides is 1. The molecule has 1 heterocycles. The maximum Gasteiger partial charge on any atom is 0.241 e. The highest BCUT2D eigenvalue weighted by Gasteiger charge is 2.42. The van der Waals surface area contributed by atoms with Crippen LogP contribution in [0.15, 0.2) is 18.2 Å². The molecule has 0 bridgehead atoms. The molecule has 102 valence electrons. The van der Waals surface area contributed by atoms with Gasteiger partial charge in [-0.3, -0.25) is 4.79 Å². The molecule has 2 fully saturated rings. The first kappa shape index (κ1) is 13.2. The molecule has 3 nitrogen and oxygen atoms in total. The van der Waals surface area contributed by atoms with Crippen LogP contribution in [0, 0.1) is 11.8 Å². The molecule has 1 aliphatic carbocycles. The van der Waals surface area contributed by atoms with Crippen molar-refractivity contribution < 1.29 is 4.79 Å². The zero-order valence-electron chi connectivity index (χ0n) is 10.5. The fourth-order valence-corrected chi connectivity index (χ4v) is 3.62. The molecule has 3 unspecified atom stereocenters. The van der Waals surface area contributed by atoms with E-state index in [9.17, 15) is 4.79 Å². The highest BCUT2D eigenvalue weighted by molar-refractivity contribution is 6.35. The second-order valence-corrected chi connectivity index (χ2v) is 6.20. The van der Waals surface area contributed by atoms with Gasteiger partial charge in [0.1, 0.15) is 0 Å². The van der Waals surface area contributed by atoms with E-state index in [0.717, 1.165) is 13.0 Å². The first-order chi connectivity index (χ1) is 9.15. The molecule has 1 aliphatic heterocycles. The minimum atomic E-state index is -0.0949. The fourth-order valence-electron chi connectivity index (χ4n) is 3.28. The van der Waals surface area contributed by atoms with Crippen molar-refractivity contribution in [3.63, 3.8) is 0 Å². The Hall–Kier alpha value is -0.770. The summed E-state index contributed by atoms with van der Waals surface area (Å²) in [6.45, 7) is 0.950. The Kier molecular flexibility index (Phi) is 3.70. The van der Waals surface area contributed by atoms with E-state index in [4.69, 9.17) is 23.2 Å². The molecule has 1 saturated carbocycles. The van der Waals surface area contributed by atoms with Crippen LogP contribution >= 0.6 is 23.2 Å². The van der Waals surface area contributed by atoms with Crippen LogP contribution in [0.4, 0.5) is 5.69 Å². The van der Waals surface area contributed by atoms with Gasteiger partial charge in [0, 0.05) is 5.02 Å². The normalized spacial score (nSPS) is 29.3. The third kappa shape index (κ3) is 2.60. The SMILES string of the molecule is O=C(Nc1cc(Cl)ccc1Cl)C1NCC2CCCC21. The van der Waals surface area contributed by atoms with E-state index in [1.165, 1.54) is 12.8 Å². The molecule has 3 atom stereocenters. The third-order valence-electron chi connectivity index (χ3n) is 4.21. The van der Waals surface area contributed by atoms with Gasteiger partial charge in [-0.1, -0.05) is 29.6 Å². The summed E-state index contributed by atoms with van der Waals surface area (Å²) in [6, 6.07) is 4.99. The van der Waals surface area contributed by atoms with Crippen molar-refractivity contribution in [2.24, 2.45) is 11.8 Å². The van der Waals surface area contributed by atoms with Gasteiger partial charge in [0.25, 0.3) is 0 Å². The third-order valence-corrected chi connectivity index (χ3v) is 4.78. The number of carbonyl (C=O) groups excluding carboxylic acids is 1. The minimum Gasteiger partial charge on any atom is -0.323 e. The van der Waals surface area contributed by atoms with Gasteiger partial charge >= 0.3 is 0 Å². The number of carbonyl (C=O) groups is 1. The second-order valence-electron chi connectivity index (χ2n) is 5.35. The van der Waals surface area contributed by atoms with E-state index in [2.05, 4.69) is 10.6 Å². The second kappa shape index (κ2) is 5.31. The van der Waals surface area contributed by atoms with Crippen molar-refractivity contribution >= 4 is 34.8 Å². The van der Waals surface area contributed by atoms with Gasteiger partial charge in [0.2, 0.25) is 5.91 Å². The van der Waals surface area contributed by atoms with Gasteiger partial charge in [0.15, 0.2) is 0 Å². The number of hydrogen-bond acceptors (Lipinski definition) is 2. The van der Waals surface area contributed by atoms with Gasteiger partial charge in [0.05, 0.1) is 16.8 Å². The lowest BCUT2D eigenvalue weighted by Crippen LogP contribution is -2.39. The topological polar surface area (TPSA) is 41.1 Å². The fraction of sp³-hybridized carbons (Fsp3) is 0.500. The molecule has 1 aromatic carbocycles. The van der Waals surface area contributed by atoms with E-state index in [-0.39, 0.29) is 11.9 Å². The Morgan fingerprint density at radius 1 is 1.32 bits per heavy atom. The van der Waals surface area contributed by atoms with Crippen molar-refractivity contribution in [3.05, 3.63) is 28.2 Å². The van der Waals surface area contributed by atoms with E-state index in [1.54, 1.807) is 18.2 Å². The summed E-state index contributed by atoms with van der Waals surface area (Å²) in [4.78, 5) is 12.3. The molecule has 0 spiro atoms. The number of fused-ring (bicyclic) bond motifs is 1. The van der Waals surface area contributed by atoms with Crippen LogP contribution in [-0.4, -0.2) is 18.5 Å². The average Bonchev–Trinajstić information content (AvgIpc) is 2.95. The Labute approximate surface area is 122 Å². The Morgan fingerprint density at radius 2 is 2.16 bits per heavy atom. The minimum absolute atomic E-state index is 0.00133. The van der Waals surface area contributed by atoms with E-state index >= 15 is 0 Å². The van der Waals surface area contributed by atoms with E-state index < -0.39 is 0 Å². The first-order valence-electron chi connectivity index (χ1n) is 6.64. The van der Waals surface area contributed by atoms with Crippen LogP contribution < -0.4 is 10.6 Å². The smallest absolute Gasteiger partial charge is 0.241 e. The number of nitrogens with one attached hydrogen (secondary N) is 2. The lowest BCUT2D eigenvalue weighted by molar-refractivity contribution is -0.118. The predicted molar refractivity (Wildman–Crippen MR) is 77.7 cm³/mol. The Balaban J connectivity index is 1.73. The molecule has 1 amide bonds. The molecule has 0 aromatic heterocycles. The van der Waals surface area contributed by atoms with Gasteiger partial charge in [-0.05, 0) is 49.4 Å². The van der Waals surface area contributed by atoms with Gasteiger partial charge in [-0.25, -0.2) is 0 Å². The van der Waals surface area contributed by atoms with E-state index in [0.29, 0.717) is 27.6 Å². The van der Waals surface area contributed by atoms with Crippen LogP contribution in [0.1, 0.15) is 19.3 Å². The molecule has 0 radical (unpaired) electrons. The molecule has 3 rings (SSSR count). The molecule has 19 heavy (non-hydrogen) atoms. The highest BCUT2D eigenvalue weighted by atomic mass is 35.5. The molecule has 2 aliphatic rings.